The van der Waals surface area contributed by atoms with Gasteiger partial charge >= 0.3 is 17.8 Å². The van der Waals surface area contributed by atoms with Gasteiger partial charge in [-0.25, -0.2) is 9.59 Å². The lowest BCUT2D eigenvalue weighted by Gasteiger charge is -2.27. The number of aliphatic carboxylic acids is 1. The summed E-state index contributed by atoms with van der Waals surface area (Å²) in [7, 11) is 0. The van der Waals surface area contributed by atoms with Crippen molar-refractivity contribution in [1.82, 2.24) is 19.8 Å². The van der Waals surface area contributed by atoms with Crippen molar-refractivity contribution in [1.29, 1.82) is 0 Å². The van der Waals surface area contributed by atoms with E-state index < -0.39 is 48.4 Å². The molecular weight excluding hydrogens is 636 g/mol. The third-order valence-corrected chi connectivity index (χ3v) is 7.73. The molecule has 14 heteroatoms. The van der Waals surface area contributed by atoms with Crippen LogP contribution in [0.3, 0.4) is 0 Å². The Morgan fingerprint density at radius 1 is 0.959 bits per heavy atom. The van der Waals surface area contributed by atoms with Crippen LogP contribution in [0.15, 0.2) is 64.3 Å². The Labute approximate surface area is 283 Å². The quantitative estimate of drug-likeness (QED) is 0.180. The number of carbonyl (C=O) groups excluding carboxylic acids is 2. The normalized spacial score (nSPS) is 13.0. The first kappa shape index (κ1) is 37.0. The molecular formula is C35H44N4O10. The molecule has 0 aliphatic heterocycles. The van der Waals surface area contributed by atoms with E-state index in [1.165, 1.54) is 13.1 Å². The molecule has 1 aromatic heterocycles. The highest BCUT2D eigenvalue weighted by molar-refractivity contribution is 5.81. The van der Waals surface area contributed by atoms with Gasteiger partial charge in [-0.2, -0.15) is 0 Å². The van der Waals surface area contributed by atoms with Crippen molar-refractivity contribution in [3.63, 3.8) is 0 Å². The number of amides is 2. The maximum Gasteiger partial charge on any atom is 0.407 e. The standard InChI is InChI=1S/C35H44N4O10/c1-23-17-39(33(44)37-32(23)43)19-30(40)38(20-31(41)42)18-24(21-47-14-13-46-15-16-49-35(2,3)4)36-34(45)48-22-29-27-11-7-5-9-25(27)26-10-6-8-12-28(26)29/h5-12,17,24,29H,13-16,18-22H2,1-4H3,(H,36,45)(H,41,42)(H,37,43,44)/t24-/m1/s1. The largest absolute Gasteiger partial charge is 0.480 e. The maximum absolute atomic E-state index is 13.3. The van der Waals surface area contributed by atoms with Crippen LogP contribution in [-0.4, -0.2) is 102 Å². The highest BCUT2D eigenvalue weighted by Crippen LogP contribution is 2.44. The number of carboxylic acids is 1. The van der Waals surface area contributed by atoms with E-state index in [0.29, 0.717) is 13.2 Å². The molecule has 4 rings (SSSR count). The Bertz CT molecular complexity index is 1680. The van der Waals surface area contributed by atoms with Crippen molar-refractivity contribution in [3.8, 4) is 11.1 Å². The second kappa shape index (κ2) is 17.0. The van der Waals surface area contributed by atoms with Gasteiger partial charge in [-0.3, -0.25) is 23.9 Å². The molecule has 0 unspecified atom stereocenters. The first-order chi connectivity index (χ1) is 23.3. The van der Waals surface area contributed by atoms with Crippen molar-refractivity contribution in [2.45, 2.75) is 51.8 Å². The number of rotatable bonds is 17. The highest BCUT2D eigenvalue weighted by Gasteiger charge is 2.30. The molecule has 2 aromatic carbocycles. The molecule has 1 heterocycles. The number of aromatic nitrogens is 2. The Morgan fingerprint density at radius 2 is 1.57 bits per heavy atom. The number of aromatic amines is 1. The summed E-state index contributed by atoms with van der Waals surface area (Å²) in [5.74, 6) is -2.21. The Kier molecular flexibility index (Phi) is 12.9. The predicted octanol–water partition coefficient (Wildman–Crippen LogP) is 2.51. The Morgan fingerprint density at radius 3 is 2.20 bits per heavy atom. The lowest BCUT2D eigenvalue weighted by Crippen LogP contribution is -2.51. The summed E-state index contributed by atoms with van der Waals surface area (Å²) < 4.78 is 23.6. The average molecular weight is 681 g/mol. The van der Waals surface area contributed by atoms with Gasteiger partial charge in [0.15, 0.2) is 0 Å². The van der Waals surface area contributed by atoms with Crippen molar-refractivity contribution in [2.75, 3.05) is 52.7 Å². The molecule has 0 radical (unpaired) electrons. The molecule has 264 valence electrons. The molecule has 1 atom stereocenters. The molecule has 2 amide bonds. The number of carbonyl (C=O) groups is 3. The third-order valence-electron chi connectivity index (χ3n) is 7.73. The highest BCUT2D eigenvalue weighted by atomic mass is 16.6. The van der Waals surface area contributed by atoms with Gasteiger partial charge in [-0.05, 0) is 49.9 Å². The van der Waals surface area contributed by atoms with Gasteiger partial charge in [0.25, 0.3) is 5.56 Å². The minimum atomic E-state index is -1.30. The number of aryl methyl sites for hydroxylation is 1. The molecule has 1 aliphatic rings. The summed E-state index contributed by atoms with van der Waals surface area (Å²) >= 11 is 0. The Balaban J connectivity index is 1.42. The minimum absolute atomic E-state index is 0.0458. The fourth-order valence-electron chi connectivity index (χ4n) is 5.46. The van der Waals surface area contributed by atoms with E-state index in [4.69, 9.17) is 18.9 Å². The number of alkyl carbamates (subject to hydrolysis) is 1. The van der Waals surface area contributed by atoms with Crippen LogP contribution < -0.4 is 16.6 Å². The van der Waals surface area contributed by atoms with E-state index in [2.05, 4.69) is 10.3 Å². The van der Waals surface area contributed by atoms with E-state index in [0.717, 1.165) is 31.7 Å². The molecule has 0 bridgehead atoms. The molecule has 14 nitrogen and oxygen atoms in total. The maximum atomic E-state index is 13.3. The first-order valence-corrected chi connectivity index (χ1v) is 16.0. The number of fused-ring (bicyclic) bond motifs is 3. The first-order valence-electron chi connectivity index (χ1n) is 16.0. The second-order valence-electron chi connectivity index (χ2n) is 12.7. The average Bonchev–Trinajstić information content (AvgIpc) is 3.36. The lowest BCUT2D eigenvalue weighted by molar-refractivity contribution is -0.145. The van der Waals surface area contributed by atoms with Crippen molar-refractivity contribution >= 4 is 18.0 Å². The van der Waals surface area contributed by atoms with Crippen molar-refractivity contribution in [2.24, 2.45) is 0 Å². The second-order valence-corrected chi connectivity index (χ2v) is 12.7. The fourth-order valence-corrected chi connectivity index (χ4v) is 5.46. The van der Waals surface area contributed by atoms with Gasteiger partial charge in [0.1, 0.15) is 19.7 Å². The number of hydrogen-bond acceptors (Lipinski definition) is 9. The number of H-pyrrole nitrogens is 1. The fraction of sp³-hybridized carbons (Fsp3) is 0.457. The molecule has 0 saturated heterocycles. The number of hydrogen-bond donors (Lipinski definition) is 3. The van der Waals surface area contributed by atoms with Crippen LogP contribution in [0, 0.1) is 6.92 Å². The van der Waals surface area contributed by atoms with Crippen LogP contribution in [0.4, 0.5) is 4.79 Å². The smallest absolute Gasteiger partial charge is 0.407 e. The summed E-state index contributed by atoms with van der Waals surface area (Å²) in [6, 6.07) is 14.9. The predicted molar refractivity (Wildman–Crippen MR) is 180 cm³/mol. The van der Waals surface area contributed by atoms with Gasteiger partial charge in [0.2, 0.25) is 5.91 Å². The molecule has 1 aliphatic carbocycles. The number of ether oxygens (including phenoxy) is 4. The number of nitrogens with one attached hydrogen (secondary N) is 2. The summed E-state index contributed by atoms with van der Waals surface area (Å²) in [6.45, 7) is 6.86. The van der Waals surface area contributed by atoms with Crippen molar-refractivity contribution in [3.05, 3.63) is 92.3 Å². The van der Waals surface area contributed by atoms with E-state index in [1.54, 1.807) is 0 Å². The summed E-state index contributed by atoms with van der Waals surface area (Å²) in [5.41, 5.74) is 2.73. The van der Waals surface area contributed by atoms with Crippen LogP contribution in [0.25, 0.3) is 11.1 Å². The van der Waals surface area contributed by atoms with Crippen LogP contribution in [0.2, 0.25) is 0 Å². The van der Waals surface area contributed by atoms with E-state index >= 15 is 0 Å². The van der Waals surface area contributed by atoms with Crippen molar-refractivity contribution < 1.29 is 38.4 Å². The van der Waals surface area contributed by atoms with Crippen LogP contribution in [0.1, 0.15) is 43.4 Å². The zero-order valence-corrected chi connectivity index (χ0v) is 28.2. The van der Waals surface area contributed by atoms with Crippen LogP contribution >= 0.6 is 0 Å². The summed E-state index contributed by atoms with van der Waals surface area (Å²) in [6.07, 6.45) is 0.446. The molecule has 3 N–H and O–H groups in total. The van der Waals surface area contributed by atoms with Gasteiger partial charge < -0.3 is 34.3 Å². The number of nitrogens with zero attached hydrogens (tertiary/aromatic N) is 2. The Hall–Kier alpha value is -4.79. The zero-order chi connectivity index (χ0) is 35.6. The van der Waals surface area contributed by atoms with Gasteiger partial charge in [-0.1, -0.05) is 48.5 Å². The molecule has 0 spiro atoms. The van der Waals surface area contributed by atoms with E-state index in [1.807, 2.05) is 69.3 Å². The number of carboxylic acid groups (broad SMARTS) is 1. The summed E-state index contributed by atoms with van der Waals surface area (Å²) in [4.78, 5) is 65.4. The lowest BCUT2D eigenvalue weighted by atomic mass is 9.98. The molecule has 0 saturated carbocycles. The number of benzene rings is 2. The van der Waals surface area contributed by atoms with E-state index in [9.17, 15) is 29.1 Å². The minimum Gasteiger partial charge on any atom is -0.480 e. The third kappa shape index (κ3) is 10.9. The topological polar surface area (TPSA) is 178 Å². The van der Waals surface area contributed by atoms with Gasteiger partial charge in [0, 0.05) is 24.2 Å². The van der Waals surface area contributed by atoms with Crippen LogP contribution in [-0.2, 0) is 35.1 Å². The van der Waals surface area contributed by atoms with E-state index in [-0.39, 0.29) is 50.1 Å². The SMILES string of the molecule is Cc1cn(CC(=O)N(CC(=O)O)C[C@H](COCCOCCOC(C)(C)C)NC(=O)OCC2c3ccccc3-c3ccccc32)c(=O)[nH]c1=O. The van der Waals surface area contributed by atoms with Gasteiger partial charge in [-0.15, -0.1) is 0 Å². The van der Waals surface area contributed by atoms with Crippen LogP contribution in [0.5, 0.6) is 0 Å². The molecule has 3 aromatic rings. The monoisotopic (exact) mass is 680 g/mol. The molecule has 49 heavy (non-hydrogen) atoms. The van der Waals surface area contributed by atoms with Gasteiger partial charge in [0.05, 0.1) is 44.7 Å². The summed E-state index contributed by atoms with van der Waals surface area (Å²) in [5, 5.41) is 12.3. The zero-order valence-electron chi connectivity index (χ0n) is 28.2. The molecule has 0 fully saturated rings.